The molecule has 0 spiro atoms. The first-order valence-electron chi connectivity index (χ1n) is 26.7. The van der Waals surface area contributed by atoms with Gasteiger partial charge in [0.05, 0.1) is 18.8 Å². The van der Waals surface area contributed by atoms with E-state index >= 15 is 0 Å². The Balaban J connectivity index is 3.41. The van der Waals surface area contributed by atoms with Gasteiger partial charge in [0.1, 0.15) is 0 Å². The highest BCUT2D eigenvalue weighted by atomic mass is 16.3. The highest BCUT2D eigenvalue weighted by molar-refractivity contribution is 5.76. The molecule has 0 aromatic rings. The minimum atomic E-state index is -0.654. The van der Waals surface area contributed by atoms with Gasteiger partial charge in [-0.1, -0.05) is 296 Å². The van der Waals surface area contributed by atoms with Crippen LogP contribution in [0.25, 0.3) is 0 Å². The minimum Gasteiger partial charge on any atom is -0.394 e. The van der Waals surface area contributed by atoms with Gasteiger partial charge < -0.3 is 15.5 Å². The molecule has 0 aliphatic carbocycles. The van der Waals surface area contributed by atoms with Crippen molar-refractivity contribution >= 4 is 5.91 Å². The van der Waals surface area contributed by atoms with Crippen molar-refractivity contribution in [1.82, 2.24) is 5.32 Å². The van der Waals surface area contributed by atoms with E-state index in [-0.39, 0.29) is 12.5 Å². The Morgan fingerprint density at radius 2 is 0.561 bits per heavy atom. The van der Waals surface area contributed by atoms with Crippen molar-refractivity contribution in [1.29, 1.82) is 0 Å². The lowest BCUT2D eigenvalue weighted by Gasteiger charge is -2.22. The molecule has 57 heavy (non-hydrogen) atoms. The number of carbonyl (C=O) groups excluding carboxylic acids is 1. The van der Waals surface area contributed by atoms with E-state index in [0.29, 0.717) is 12.8 Å². The number of hydrogen-bond donors (Lipinski definition) is 3. The van der Waals surface area contributed by atoms with Crippen LogP contribution in [-0.2, 0) is 4.79 Å². The molecule has 3 N–H and O–H groups in total. The van der Waals surface area contributed by atoms with Gasteiger partial charge in [0.25, 0.3) is 0 Å². The van der Waals surface area contributed by atoms with E-state index in [1.165, 1.54) is 263 Å². The maximum Gasteiger partial charge on any atom is 0.220 e. The minimum absolute atomic E-state index is 0.0225. The van der Waals surface area contributed by atoms with Gasteiger partial charge in [0.2, 0.25) is 5.91 Å². The van der Waals surface area contributed by atoms with Gasteiger partial charge in [-0.3, -0.25) is 4.79 Å². The largest absolute Gasteiger partial charge is 0.394 e. The predicted octanol–water partition coefficient (Wildman–Crippen LogP) is 17.2. The molecule has 342 valence electrons. The normalized spacial score (nSPS) is 12.7. The van der Waals surface area contributed by atoms with Gasteiger partial charge in [-0.25, -0.2) is 0 Å². The number of carbonyl (C=O) groups is 1. The van der Waals surface area contributed by atoms with Crippen LogP contribution in [-0.4, -0.2) is 34.9 Å². The predicted molar refractivity (Wildman–Crippen MR) is 253 cm³/mol. The molecule has 0 aliphatic rings. The first-order chi connectivity index (χ1) is 28.2. The molecule has 0 aromatic heterocycles. The summed E-state index contributed by atoms with van der Waals surface area (Å²) in [5.74, 6) is -0.0225. The average Bonchev–Trinajstić information content (AvgIpc) is 3.22. The van der Waals surface area contributed by atoms with E-state index in [9.17, 15) is 15.0 Å². The Morgan fingerprint density at radius 3 is 0.789 bits per heavy atom. The molecular formula is C53H107NO3. The van der Waals surface area contributed by atoms with Crippen molar-refractivity contribution in [2.75, 3.05) is 6.61 Å². The van der Waals surface area contributed by atoms with Crippen molar-refractivity contribution in [3.05, 3.63) is 0 Å². The number of amides is 1. The van der Waals surface area contributed by atoms with Crippen LogP contribution in [0, 0.1) is 0 Å². The zero-order valence-electron chi connectivity index (χ0n) is 39.4. The quantitative estimate of drug-likeness (QED) is 0.0536. The lowest BCUT2D eigenvalue weighted by Crippen LogP contribution is -2.45. The Kier molecular flexibility index (Phi) is 49.2. The summed E-state index contributed by atoms with van der Waals surface area (Å²) in [6.45, 7) is 4.40. The summed E-state index contributed by atoms with van der Waals surface area (Å²) in [7, 11) is 0. The fraction of sp³-hybridized carbons (Fsp3) is 0.981. The second-order valence-electron chi connectivity index (χ2n) is 18.7. The SMILES string of the molecule is CCCCCCCCCCCCCCCCCCCCCCCCCCCC(=O)NC(CO)C(O)CCCCCCCCCCCCCCCCCCCCCC. The molecule has 0 saturated heterocycles. The van der Waals surface area contributed by atoms with Crippen LogP contribution in [0.15, 0.2) is 0 Å². The molecule has 0 fully saturated rings. The smallest absolute Gasteiger partial charge is 0.220 e. The van der Waals surface area contributed by atoms with Crippen LogP contribution >= 0.6 is 0 Å². The van der Waals surface area contributed by atoms with Gasteiger partial charge in [-0.2, -0.15) is 0 Å². The first-order valence-corrected chi connectivity index (χ1v) is 26.7. The van der Waals surface area contributed by atoms with Crippen LogP contribution in [0.4, 0.5) is 0 Å². The number of unbranched alkanes of at least 4 members (excludes halogenated alkanes) is 43. The molecule has 0 saturated carbocycles. The maximum atomic E-state index is 12.5. The van der Waals surface area contributed by atoms with Gasteiger partial charge in [-0.05, 0) is 12.8 Å². The van der Waals surface area contributed by atoms with Crippen molar-refractivity contribution in [3.63, 3.8) is 0 Å². The molecule has 0 rings (SSSR count). The van der Waals surface area contributed by atoms with Crippen LogP contribution in [0.2, 0.25) is 0 Å². The topological polar surface area (TPSA) is 69.6 Å². The summed E-state index contributed by atoms with van der Waals surface area (Å²) < 4.78 is 0. The third-order valence-corrected chi connectivity index (χ3v) is 12.9. The van der Waals surface area contributed by atoms with Crippen molar-refractivity contribution in [2.45, 2.75) is 328 Å². The number of hydrogen-bond acceptors (Lipinski definition) is 3. The van der Waals surface area contributed by atoms with E-state index in [1.54, 1.807) is 0 Å². The third kappa shape index (κ3) is 46.3. The second-order valence-corrected chi connectivity index (χ2v) is 18.7. The monoisotopic (exact) mass is 806 g/mol. The van der Waals surface area contributed by atoms with Crippen LogP contribution in [0.3, 0.4) is 0 Å². The summed E-state index contributed by atoms with van der Waals surface area (Å²) in [6.07, 6.45) is 62.2. The van der Waals surface area contributed by atoms with Crippen molar-refractivity contribution in [3.8, 4) is 0 Å². The summed E-state index contributed by atoms with van der Waals surface area (Å²) in [4.78, 5) is 12.5. The van der Waals surface area contributed by atoms with Gasteiger partial charge >= 0.3 is 0 Å². The Morgan fingerprint density at radius 1 is 0.351 bits per heavy atom. The number of nitrogens with one attached hydrogen (secondary N) is 1. The molecule has 0 bridgehead atoms. The molecule has 0 radical (unpaired) electrons. The molecule has 4 heteroatoms. The van der Waals surface area contributed by atoms with Crippen molar-refractivity contribution < 1.29 is 15.0 Å². The van der Waals surface area contributed by atoms with E-state index in [0.717, 1.165) is 25.7 Å². The van der Waals surface area contributed by atoms with Gasteiger partial charge in [0.15, 0.2) is 0 Å². The molecular weight excluding hydrogens is 699 g/mol. The van der Waals surface area contributed by atoms with E-state index in [1.807, 2.05) is 0 Å². The number of rotatable bonds is 50. The molecule has 2 atom stereocenters. The van der Waals surface area contributed by atoms with E-state index in [2.05, 4.69) is 19.2 Å². The second kappa shape index (κ2) is 49.8. The van der Waals surface area contributed by atoms with E-state index < -0.39 is 12.1 Å². The Hall–Kier alpha value is -0.610. The highest BCUT2D eigenvalue weighted by Gasteiger charge is 2.20. The Labute approximate surface area is 359 Å². The number of aliphatic hydroxyl groups is 2. The first kappa shape index (κ1) is 56.4. The van der Waals surface area contributed by atoms with Crippen LogP contribution < -0.4 is 5.32 Å². The standard InChI is InChI=1S/C53H107NO3/c1-3-5-7-9-11-13-15-17-19-21-23-25-26-27-28-29-31-33-35-37-39-41-43-45-47-49-53(57)54-51(50-55)52(56)48-46-44-42-40-38-36-34-32-30-24-22-20-18-16-14-12-10-8-6-4-2/h51-52,55-56H,3-50H2,1-2H3,(H,54,57). The molecule has 0 heterocycles. The third-order valence-electron chi connectivity index (χ3n) is 12.9. The van der Waals surface area contributed by atoms with Crippen LogP contribution in [0.5, 0.6) is 0 Å². The van der Waals surface area contributed by atoms with E-state index in [4.69, 9.17) is 0 Å². The van der Waals surface area contributed by atoms with Crippen LogP contribution in [0.1, 0.15) is 316 Å². The highest BCUT2D eigenvalue weighted by Crippen LogP contribution is 2.18. The molecule has 4 nitrogen and oxygen atoms in total. The Bertz CT molecular complexity index is 744. The molecule has 1 amide bonds. The lowest BCUT2D eigenvalue weighted by molar-refractivity contribution is -0.123. The fourth-order valence-electron chi connectivity index (χ4n) is 8.78. The summed E-state index contributed by atoms with van der Waals surface area (Å²) in [5.41, 5.74) is 0. The van der Waals surface area contributed by atoms with Gasteiger partial charge in [-0.15, -0.1) is 0 Å². The van der Waals surface area contributed by atoms with Gasteiger partial charge in [0, 0.05) is 6.42 Å². The lowest BCUT2D eigenvalue weighted by atomic mass is 10.0. The zero-order valence-corrected chi connectivity index (χ0v) is 39.4. The molecule has 0 aliphatic heterocycles. The molecule has 2 unspecified atom stereocenters. The summed E-state index contributed by atoms with van der Waals surface area (Å²) in [5, 5.41) is 23.3. The maximum absolute atomic E-state index is 12.5. The average molecular weight is 806 g/mol. The molecule has 0 aromatic carbocycles. The summed E-state index contributed by atoms with van der Waals surface area (Å²) >= 11 is 0. The number of aliphatic hydroxyl groups excluding tert-OH is 2. The zero-order chi connectivity index (χ0) is 41.4. The summed E-state index contributed by atoms with van der Waals surface area (Å²) in [6, 6.07) is -0.531. The fourth-order valence-corrected chi connectivity index (χ4v) is 8.78. The van der Waals surface area contributed by atoms with Crippen molar-refractivity contribution in [2.24, 2.45) is 0 Å².